The number of rotatable bonds is 1. The number of anilines is 1. The van der Waals surface area contributed by atoms with E-state index in [0.29, 0.717) is 16.8 Å². The lowest BCUT2D eigenvalue weighted by Gasteiger charge is -2.07. The van der Waals surface area contributed by atoms with E-state index in [1.165, 1.54) is 12.1 Å². The first kappa shape index (κ1) is 11.5. The van der Waals surface area contributed by atoms with Gasteiger partial charge in [-0.15, -0.1) is 0 Å². The van der Waals surface area contributed by atoms with Crippen LogP contribution in [0.4, 0.5) is 19.1 Å². The summed E-state index contributed by atoms with van der Waals surface area (Å²) in [5.41, 5.74) is 5.91. The van der Waals surface area contributed by atoms with Crippen LogP contribution in [-0.4, -0.2) is 5.16 Å². The molecule has 0 atom stereocenters. The molecule has 3 nitrogen and oxygen atoms in total. The van der Waals surface area contributed by atoms with E-state index >= 15 is 0 Å². The monoisotopic (exact) mass is 242 g/mol. The summed E-state index contributed by atoms with van der Waals surface area (Å²) in [7, 11) is 0. The van der Waals surface area contributed by atoms with Gasteiger partial charge in [0.2, 0.25) is 5.88 Å². The Morgan fingerprint density at radius 2 is 2.00 bits per heavy atom. The number of nitrogen functional groups attached to an aromatic ring is 1. The predicted octanol–water partition coefficient (Wildman–Crippen LogP) is 3.25. The van der Waals surface area contributed by atoms with Crippen LogP contribution in [0.3, 0.4) is 0 Å². The van der Waals surface area contributed by atoms with Crippen LogP contribution in [0, 0.1) is 6.92 Å². The van der Waals surface area contributed by atoms with Crippen molar-refractivity contribution in [1.29, 1.82) is 0 Å². The van der Waals surface area contributed by atoms with Gasteiger partial charge in [-0.25, -0.2) is 0 Å². The third-order valence-corrected chi connectivity index (χ3v) is 2.42. The second-order valence-electron chi connectivity index (χ2n) is 3.60. The Labute approximate surface area is 95.0 Å². The quantitative estimate of drug-likeness (QED) is 0.835. The van der Waals surface area contributed by atoms with Crippen LogP contribution in [0.15, 0.2) is 28.8 Å². The Bertz CT molecular complexity index is 546. The van der Waals surface area contributed by atoms with Gasteiger partial charge in [0.05, 0.1) is 5.56 Å². The van der Waals surface area contributed by atoms with Crippen LogP contribution < -0.4 is 5.73 Å². The lowest BCUT2D eigenvalue weighted by Crippen LogP contribution is -2.04. The minimum absolute atomic E-state index is 0.109. The Hall–Kier alpha value is -1.98. The maximum absolute atomic E-state index is 12.5. The number of nitrogens with two attached hydrogens (primary N) is 1. The molecule has 0 saturated heterocycles. The molecule has 0 amide bonds. The highest BCUT2D eigenvalue weighted by molar-refractivity contribution is 5.67. The molecule has 0 bridgehead atoms. The number of halogens is 3. The van der Waals surface area contributed by atoms with Crippen molar-refractivity contribution in [3.63, 3.8) is 0 Å². The molecule has 2 rings (SSSR count). The summed E-state index contributed by atoms with van der Waals surface area (Å²) in [6.07, 6.45) is -4.38. The van der Waals surface area contributed by atoms with Crippen LogP contribution in [-0.2, 0) is 6.18 Å². The van der Waals surface area contributed by atoms with E-state index in [9.17, 15) is 13.2 Å². The summed E-state index contributed by atoms with van der Waals surface area (Å²) in [6, 6.07) is 4.87. The Morgan fingerprint density at radius 1 is 1.29 bits per heavy atom. The number of hydrogen-bond acceptors (Lipinski definition) is 3. The maximum Gasteiger partial charge on any atom is 0.416 e. The van der Waals surface area contributed by atoms with Crippen molar-refractivity contribution in [2.24, 2.45) is 0 Å². The molecule has 6 heteroatoms. The van der Waals surface area contributed by atoms with E-state index in [0.717, 1.165) is 12.1 Å². The molecule has 17 heavy (non-hydrogen) atoms. The van der Waals surface area contributed by atoms with Gasteiger partial charge in [0.1, 0.15) is 5.69 Å². The number of aromatic nitrogens is 1. The highest BCUT2D eigenvalue weighted by atomic mass is 19.4. The topological polar surface area (TPSA) is 52.0 Å². The molecular weight excluding hydrogens is 233 g/mol. The first-order valence-electron chi connectivity index (χ1n) is 4.79. The van der Waals surface area contributed by atoms with Gasteiger partial charge >= 0.3 is 6.18 Å². The van der Waals surface area contributed by atoms with Crippen LogP contribution >= 0.6 is 0 Å². The molecule has 0 unspecified atom stereocenters. The highest BCUT2D eigenvalue weighted by Crippen LogP contribution is 2.33. The van der Waals surface area contributed by atoms with Crippen molar-refractivity contribution in [2.75, 3.05) is 5.73 Å². The fourth-order valence-electron chi connectivity index (χ4n) is 1.46. The first-order valence-corrected chi connectivity index (χ1v) is 4.79. The van der Waals surface area contributed by atoms with Crippen LogP contribution in [0.1, 0.15) is 11.1 Å². The molecule has 0 aliphatic rings. The molecule has 1 aromatic heterocycles. The van der Waals surface area contributed by atoms with Crippen LogP contribution in [0.5, 0.6) is 0 Å². The lowest BCUT2D eigenvalue weighted by molar-refractivity contribution is -0.137. The molecule has 90 valence electrons. The van der Waals surface area contributed by atoms with Gasteiger partial charge in [0.25, 0.3) is 0 Å². The summed E-state index contributed by atoms with van der Waals surface area (Å²) >= 11 is 0. The average molecular weight is 242 g/mol. The number of hydrogen-bond donors (Lipinski definition) is 1. The number of nitrogens with zero attached hydrogens (tertiary/aromatic N) is 1. The zero-order valence-electron chi connectivity index (χ0n) is 8.88. The van der Waals surface area contributed by atoms with Crippen molar-refractivity contribution in [3.8, 4) is 11.3 Å². The second kappa shape index (κ2) is 3.80. The number of alkyl halides is 3. The molecule has 0 aliphatic carbocycles. The Balaban J connectivity index is 2.51. The first-order chi connectivity index (χ1) is 7.89. The van der Waals surface area contributed by atoms with Crippen molar-refractivity contribution >= 4 is 5.88 Å². The summed E-state index contributed by atoms with van der Waals surface area (Å²) in [4.78, 5) is 0. The van der Waals surface area contributed by atoms with Crippen LogP contribution in [0.2, 0.25) is 0 Å². The second-order valence-corrected chi connectivity index (χ2v) is 3.60. The minimum atomic E-state index is -4.38. The molecule has 1 heterocycles. The SMILES string of the molecule is Cc1c(-c2cccc(C(F)(F)F)c2)noc1N. The average Bonchev–Trinajstić information content (AvgIpc) is 2.59. The zero-order valence-corrected chi connectivity index (χ0v) is 8.88. The normalized spacial score (nSPS) is 11.8. The van der Waals surface area contributed by atoms with Crippen LogP contribution in [0.25, 0.3) is 11.3 Å². The summed E-state index contributed by atoms with van der Waals surface area (Å²) in [6.45, 7) is 1.64. The molecule has 0 radical (unpaired) electrons. The summed E-state index contributed by atoms with van der Waals surface area (Å²) in [5.74, 6) is 0.109. The van der Waals surface area contributed by atoms with Crippen molar-refractivity contribution in [1.82, 2.24) is 5.16 Å². The van der Waals surface area contributed by atoms with E-state index in [1.807, 2.05) is 0 Å². The molecule has 0 aliphatic heterocycles. The van der Waals surface area contributed by atoms with E-state index < -0.39 is 11.7 Å². The van der Waals surface area contributed by atoms with Gasteiger partial charge in [0.15, 0.2) is 0 Å². The molecule has 0 spiro atoms. The minimum Gasteiger partial charge on any atom is -0.367 e. The smallest absolute Gasteiger partial charge is 0.367 e. The van der Waals surface area contributed by atoms with Gasteiger partial charge in [-0.1, -0.05) is 17.3 Å². The van der Waals surface area contributed by atoms with Gasteiger partial charge in [0, 0.05) is 11.1 Å². The lowest BCUT2D eigenvalue weighted by atomic mass is 10.1. The zero-order chi connectivity index (χ0) is 12.6. The number of benzene rings is 1. The van der Waals surface area contributed by atoms with E-state index in [1.54, 1.807) is 6.92 Å². The molecule has 2 aromatic rings. The largest absolute Gasteiger partial charge is 0.416 e. The van der Waals surface area contributed by atoms with Crippen molar-refractivity contribution in [3.05, 3.63) is 35.4 Å². The molecule has 0 saturated carbocycles. The summed E-state index contributed by atoms with van der Waals surface area (Å²) in [5, 5.41) is 3.64. The molecule has 2 N–H and O–H groups in total. The van der Waals surface area contributed by atoms with Gasteiger partial charge in [-0.05, 0) is 19.1 Å². The van der Waals surface area contributed by atoms with Gasteiger partial charge < -0.3 is 10.3 Å². The van der Waals surface area contributed by atoms with E-state index in [2.05, 4.69) is 5.16 Å². The predicted molar refractivity (Wildman–Crippen MR) is 56.1 cm³/mol. The van der Waals surface area contributed by atoms with Gasteiger partial charge in [-0.3, -0.25) is 0 Å². The molecule has 0 fully saturated rings. The Kier molecular flexibility index (Phi) is 2.57. The standard InChI is InChI=1S/C11H9F3N2O/c1-6-9(16-17-10(6)15)7-3-2-4-8(5-7)11(12,13)14/h2-5H,15H2,1H3. The van der Waals surface area contributed by atoms with Crippen molar-refractivity contribution < 1.29 is 17.7 Å². The van der Waals surface area contributed by atoms with Crippen molar-refractivity contribution in [2.45, 2.75) is 13.1 Å². The highest BCUT2D eigenvalue weighted by Gasteiger charge is 2.30. The third-order valence-electron chi connectivity index (χ3n) is 2.42. The van der Waals surface area contributed by atoms with E-state index in [-0.39, 0.29) is 5.88 Å². The maximum atomic E-state index is 12.5. The fraction of sp³-hybridized carbons (Fsp3) is 0.182. The fourth-order valence-corrected chi connectivity index (χ4v) is 1.46. The van der Waals surface area contributed by atoms with Gasteiger partial charge in [-0.2, -0.15) is 13.2 Å². The summed E-state index contributed by atoms with van der Waals surface area (Å²) < 4.78 is 42.3. The third kappa shape index (κ3) is 2.11. The van der Waals surface area contributed by atoms with E-state index in [4.69, 9.17) is 10.3 Å². The Morgan fingerprint density at radius 3 is 2.53 bits per heavy atom. The molecular formula is C11H9F3N2O. The molecule has 1 aromatic carbocycles.